The molecule has 6 heteroatoms. The van der Waals surface area contributed by atoms with Gasteiger partial charge in [-0.3, -0.25) is 14.5 Å². The van der Waals surface area contributed by atoms with Gasteiger partial charge in [0, 0.05) is 19.4 Å². The topological polar surface area (TPSA) is 77.9 Å². The Morgan fingerprint density at radius 2 is 1.92 bits per heavy atom. The molecule has 0 spiro atoms. The summed E-state index contributed by atoms with van der Waals surface area (Å²) in [6, 6.07) is 8.91. The van der Waals surface area contributed by atoms with Crippen LogP contribution in [0.4, 0.5) is 0 Å². The highest BCUT2D eigenvalue weighted by atomic mass is 16.4. The van der Waals surface area contributed by atoms with Crippen molar-refractivity contribution in [1.29, 1.82) is 0 Å². The second-order valence-electron chi connectivity index (χ2n) is 6.70. The highest BCUT2D eigenvalue weighted by Gasteiger charge is 2.63. The first-order valence-electron chi connectivity index (χ1n) is 8.29. The molecule has 1 N–H and O–H groups in total. The van der Waals surface area contributed by atoms with Crippen LogP contribution in [-0.4, -0.2) is 51.3 Å². The van der Waals surface area contributed by atoms with Crippen molar-refractivity contribution in [2.45, 2.75) is 25.4 Å². The molecule has 3 heterocycles. The number of carbonyl (C=O) groups excluding carboxylic acids is 2. The number of hydrogen-bond acceptors (Lipinski definition) is 3. The minimum absolute atomic E-state index is 0.0556. The molecule has 6 nitrogen and oxygen atoms in total. The Hall–Kier alpha value is -2.89. The molecule has 1 aromatic carbocycles. The van der Waals surface area contributed by atoms with E-state index in [2.05, 4.69) is 0 Å². The summed E-state index contributed by atoms with van der Waals surface area (Å²) >= 11 is 0. The molecule has 3 aliphatic rings. The number of rotatable bonds is 3. The van der Waals surface area contributed by atoms with Crippen LogP contribution in [0.5, 0.6) is 0 Å². The van der Waals surface area contributed by atoms with Crippen molar-refractivity contribution in [3.05, 3.63) is 53.2 Å². The van der Waals surface area contributed by atoms with Gasteiger partial charge in [-0.2, -0.15) is 0 Å². The number of hydrogen-bond donors (Lipinski definition) is 1. The van der Waals surface area contributed by atoms with E-state index in [1.54, 1.807) is 11.0 Å². The van der Waals surface area contributed by atoms with E-state index < -0.39 is 12.0 Å². The Morgan fingerprint density at radius 1 is 1.20 bits per heavy atom. The third-order valence-electron chi connectivity index (χ3n) is 5.27. The van der Waals surface area contributed by atoms with E-state index in [1.807, 2.05) is 36.4 Å². The molecule has 1 aromatic rings. The molecule has 2 fully saturated rings. The molecule has 0 bridgehead atoms. The highest BCUT2D eigenvalue weighted by Crippen LogP contribution is 2.47. The number of β-lactam (4-membered cyclic amide) rings is 1. The van der Waals surface area contributed by atoms with Crippen LogP contribution < -0.4 is 0 Å². The Kier molecular flexibility index (Phi) is 3.49. The van der Waals surface area contributed by atoms with Crippen molar-refractivity contribution in [1.82, 2.24) is 9.80 Å². The molecule has 25 heavy (non-hydrogen) atoms. The molecule has 2 unspecified atom stereocenters. The van der Waals surface area contributed by atoms with E-state index in [1.165, 1.54) is 11.8 Å². The molecular weight excluding hydrogens is 320 g/mol. The molecule has 3 atom stereocenters. The van der Waals surface area contributed by atoms with Gasteiger partial charge in [0.2, 0.25) is 5.91 Å². The normalized spacial score (nSPS) is 27.6. The number of carboxylic acids is 1. The second-order valence-corrected chi connectivity index (χ2v) is 6.70. The van der Waals surface area contributed by atoms with Crippen LogP contribution in [0.1, 0.15) is 18.9 Å². The first-order chi connectivity index (χ1) is 12.0. The third kappa shape index (κ3) is 2.28. The van der Waals surface area contributed by atoms with Crippen LogP contribution in [0.3, 0.4) is 0 Å². The Labute approximate surface area is 145 Å². The van der Waals surface area contributed by atoms with E-state index in [0.29, 0.717) is 18.5 Å². The van der Waals surface area contributed by atoms with Gasteiger partial charge in [-0.05, 0) is 17.6 Å². The summed E-state index contributed by atoms with van der Waals surface area (Å²) in [6.07, 6.45) is 4.20. The maximum absolute atomic E-state index is 12.5. The highest BCUT2D eigenvalue weighted by molar-refractivity contribution is 6.02. The Balaban J connectivity index is 1.70. The average Bonchev–Trinajstić information content (AvgIpc) is 2.96. The number of carbonyl (C=O) groups is 3. The van der Waals surface area contributed by atoms with Crippen molar-refractivity contribution in [3.8, 4) is 0 Å². The fourth-order valence-corrected chi connectivity index (χ4v) is 4.21. The zero-order valence-electron chi connectivity index (χ0n) is 13.8. The van der Waals surface area contributed by atoms with Crippen LogP contribution in [0, 0.1) is 5.92 Å². The molecule has 2 amide bonds. The van der Waals surface area contributed by atoms with Gasteiger partial charge in [0.25, 0.3) is 5.91 Å². The monoisotopic (exact) mass is 338 g/mol. The van der Waals surface area contributed by atoms with Crippen LogP contribution in [0.2, 0.25) is 0 Å². The van der Waals surface area contributed by atoms with Gasteiger partial charge in [-0.1, -0.05) is 42.5 Å². The Morgan fingerprint density at radius 3 is 2.56 bits per heavy atom. The fraction of sp³-hybridized carbons (Fsp3) is 0.316. The lowest BCUT2D eigenvalue weighted by Gasteiger charge is -2.49. The number of benzene rings is 1. The maximum atomic E-state index is 12.5. The van der Waals surface area contributed by atoms with E-state index in [-0.39, 0.29) is 29.5 Å². The summed E-state index contributed by atoms with van der Waals surface area (Å²) in [5, 5.41) is 9.65. The number of aliphatic carboxylic acids is 1. The van der Waals surface area contributed by atoms with E-state index in [0.717, 1.165) is 5.56 Å². The molecule has 3 aliphatic heterocycles. The van der Waals surface area contributed by atoms with Crippen LogP contribution in [0.15, 0.2) is 47.7 Å². The molecular formula is C19H18N2O4. The molecule has 4 rings (SSSR count). The predicted molar refractivity (Wildman–Crippen MR) is 90.1 cm³/mol. The summed E-state index contributed by atoms with van der Waals surface area (Å²) in [6.45, 7) is 1.96. The smallest absolute Gasteiger partial charge is 0.352 e. The first kappa shape index (κ1) is 15.6. The quantitative estimate of drug-likeness (QED) is 0.847. The summed E-state index contributed by atoms with van der Waals surface area (Å²) < 4.78 is 0. The average molecular weight is 338 g/mol. The van der Waals surface area contributed by atoms with E-state index in [4.69, 9.17) is 0 Å². The van der Waals surface area contributed by atoms with E-state index >= 15 is 0 Å². The lowest BCUT2D eigenvalue weighted by molar-refractivity contribution is -0.159. The zero-order chi connectivity index (χ0) is 17.7. The lowest BCUT2D eigenvalue weighted by atomic mass is 9.79. The molecule has 0 radical (unpaired) electrons. The summed E-state index contributed by atoms with van der Waals surface area (Å²) in [7, 11) is 0. The summed E-state index contributed by atoms with van der Waals surface area (Å²) in [5.74, 6) is -1.43. The molecule has 0 aromatic heterocycles. The van der Waals surface area contributed by atoms with Crippen molar-refractivity contribution in [3.63, 3.8) is 0 Å². The largest absolute Gasteiger partial charge is 0.477 e. The number of nitrogens with zero attached hydrogens (tertiary/aromatic N) is 2. The van der Waals surface area contributed by atoms with Gasteiger partial charge < -0.3 is 10.0 Å². The Bertz CT molecular complexity index is 827. The van der Waals surface area contributed by atoms with Gasteiger partial charge in [-0.25, -0.2) is 4.79 Å². The number of carboxylic acid groups (broad SMARTS) is 1. The molecule has 0 saturated carbocycles. The zero-order valence-corrected chi connectivity index (χ0v) is 13.8. The van der Waals surface area contributed by atoms with Gasteiger partial charge >= 0.3 is 5.97 Å². The van der Waals surface area contributed by atoms with Crippen LogP contribution in [0.25, 0.3) is 6.08 Å². The lowest BCUT2D eigenvalue weighted by Crippen LogP contribution is -2.69. The second kappa shape index (κ2) is 5.58. The SMILES string of the molecule is CC(=O)N1CC2CC(/C=C/c3ccccc3)=C(C(=O)O)N3C(=O)C1[C@@H]23. The number of likely N-dealkylation sites (tertiary alicyclic amines) is 1. The molecule has 128 valence electrons. The van der Waals surface area contributed by atoms with E-state index in [9.17, 15) is 19.5 Å². The van der Waals surface area contributed by atoms with Crippen molar-refractivity contribution < 1.29 is 19.5 Å². The summed E-state index contributed by atoms with van der Waals surface area (Å²) in [5.41, 5.74) is 1.65. The van der Waals surface area contributed by atoms with Crippen LogP contribution >= 0.6 is 0 Å². The maximum Gasteiger partial charge on any atom is 0.352 e. The van der Waals surface area contributed by atoms with Crippen LogP contribution in [-0.2, 0) is 14.4 Å². The van der Waals surface area contributed by atoms with Gasteiger partial charge in [-0.15, -0.1) is 0 Å². The number of amides is 2. The molecule has 2 saturated heterocycles. The number of allylic oxidation sites excluding steroid dienone is 2. The third-order valence-corrected chi connectivity index (χ3v) is 5.27. The molecule has 0 aliphatic carbocycles. The standard InChI is InChI=1S/C19H18N2O4/c1-11(22)20-10-14-9-13(8-7-12-5-3-2-4-6-12)16(19(24)25)21-15(14)17(20)18(21)23/h2-8,14-15,17H,9-10H2,1H3,(H,24,25)/b8-7+/t14?,15-,17?/m1/s1. The minimum Gasteiger partial charge on any atom is -0.477 e. The fourth-order valence-electron chi connectivity index (χ4n) is 4.21. The first-order valence-corrected chi connectivity index (χ1v) is 8.29. The minimum atomic E-state index is -1.10. The van der Waals surface area contributed by atoms with Gasteiger partial charge in [0.1, 0.15) is 11.7 Å². The van der Waals surface area contributed by atoms with Crippen molar-refractivity contribution in [2.75, 3.05) is 6.54 Å². The predicted octanol–water partition coefficient (Wildman–Crippen LogP) is 1.50. The van der Waals surface area contributed by atoms with Crippen molar-refractivity contribution in [2.24, 2.45) is 5.92 Å². The van der Waals surface area contributed by atoms with Gasteiger partial charge in [0.05, 0.1) is 6.04 Å². The van der Waals surface area contributed by atoms with Crippen molar-refractivity contribution >= 4 is 23.9 Å². The van der Waals surface area contributed by atoms with Gasteiger partial charge in [0.15, 0.2) is 0 Å². The summed E-state index contributed by atoms with van der Waals surface area (Å²) in [4.78, 5) is 39.1.